The molecule has 0 aromatic rings. The highest BCUT2D eigenvalue weighted by Gasteiger charge is 2.36. The van der Waals surface area contributed by atoms with Crippen LogP contribution in [0.1, 0.15) is 6.92 Å². The van der Waals surface area contributed by atoms with Crippen LogP contribution in [0.25, 0.3) is 0 Å². The largest absolute Gasteiger partial charge is 0.393 e. The summed E-state index contributed by atoms with van der Waals surface area (Å²) in [7, 11) is -0.916. The van der Waals surface area contributed by atoms with Crippen LogP contribution < -0.4 is 0 Å². The molecule has 1 fully saturated rings. The number of rotatable bonds is 0. The van der Waals surface area contributed by atoms with Crippen molar-refractivity contribution in [2.45, 2.75) is 38.2 Å². The highest BCUT2D eigenvalue weighted by atomic mass is 28.3. The summed E-state index contributed by atoms with van der Waals surface area (Å²) in [6.07, 6.45) is 0.0201. The summed E-state index contributed by atoms with van der Waals surface area (Å²) in [5.74, 6) is 0.576. The van der Waals surface area contributed by atoms with E-state index < -0.39 is 8.07 Å². The van der Waals surface area contributed by atoms with Gasteiger partial charge in [-0.1, -0.05) is 26.1 Å². The van der Waals surface area contributed by atoms with Gasteiger partial charge < -0.3 is 5.11 Å². The average Bonchev–Trinajstić information content (AvgIpc) is 1.79. The first-order chi connectivity index (χ1) is 4.01. The molecule has 0 saturated carbocycles. The van der Waals surface area contributed by atoms with Crippen molar-refractivity contribution in [1.82, 2.24) is 0 Å². The quantitative estimate of drug-likeness (QED) is 0.513. The number of hydrogen-bond donors (Lipinski definition) is 1. The van der Waals surface area contributed by atoms with Crippen LogP contribution in [-0.4, -0.2) is 19.3 Å². The summed E-state index contributed by atoms with van der Waals surface area (Å²) in [6.45, 7) is 6.88. The molecule has 1 rings (SSSR count). The summed E-state index contributed by atoms with van der Waals surface area (Å²) in [5.41, 5.74) is 0. The van der Waals surface area contributed by atoms with Crippen LogP contribution in [-0.2, 0) is 0 Å². The Labute approximate surface area is 58.1 Å². The van der Waals surface area contributed by atoms with Crippen LogP contribution >= 0.6 is 0 Å². The maximum Gasteiger partial charge on any atom is 0.0539 e. The zero-order valence-corrected chi connectivity index (χ0v) is 7.52. The Kier molecular flexibility index (Phi) is 1.70. The molecular formula is C7H16OSi. The molecule has 9 heavy (non-hydrogen) atoms. The molecule has 0 unspecified atom stereocenters. The smallest absolute Gasteiger partial charge is 0.0539 e. The highest BCUT2D eigenvalue weighted by Crippen LogP contribution is 2.34. The Bertz CT molecular complexity index is 99.5. The van der Waals surface area contributed by atoms with Crippen molar-refractivity contribution in [3.8, 4) is 0 Å². The van der Waals surface area contributed by atoms with Gasteiger partial charge in [-0.05, 0) is 12.0 Å². The monoisotopic (exact) mass is 144 g/mol. The summed E-state index contributed by atoms with van der Waals surface area (Å²) in [6, 6.07) is 2.43. The summed E-state index contributed by atoms with van der Waals surface area (Å²) < 4.78 is 0. The molecule has 2 heteroatoms. The van der Waals surface area contributed by atoms with E-state index in [1.807, 2.05) is 0 Å². The summed E-state index contributed by atoms with van der Waals surface area (Å²) >= 11 is 0. The highest BCUT2D eigenvalue weighted by molar-refractivity contribution is 6.78. The van der Waals surface area contributed by atoms with Crippen molar-refractivity contribution in [1.29, 1.82) is 0 Å². The molecule has 1 aliphatic rings. The normalized spacial score (nSPS) is 41.3. The predicted octanol–water partition coefficient (Wildman–Crippen LogP) is 1.71. The lowest BCUT2D eigenvalue weighted by Crippen LogP contribution is -2.20. The van der Waals surface area contributed by atoms with E-state index >= 15 is 0 Å². The Morgan fingerprint density at radius 3 is 2.00 bits per heavy atom. The lowest BCUT2D eigenvalue weighted by molar-refractivity contribution is 0.155. The lowest BCUT2D eigenvalue weighted by atomic mass is 10.1. The van der Waals surface area contributed by atoms with Gasteiger partial charge in [0.25, 0.3) is 0 Å². The fourth-order valence-electron chi connectivity index (χ4n) is 1.86. The van der Waals surface area contributed by atoms with Gasteiger partial charge >= 0.3 is 0 Å². The van der Waals surface area contributed by atoms with Gasteiger partial charge in [-0.25, -0.2) is 0 Å². The zero-order chi connectivity index (χ0) is 7.07. The Morgan fingerprint density at radius 1 is 1.33 bits per heavy atom. The first-order valence-electron chi connectivity index (χ1n) is 3.69. The molecule has 0 aromatic heterocycles. The Hall–Kier alpha value is 0.177. The van der Waals surface area contributed by atoms with Crippen molar-refractivity contribution >= 4 is 8.07 Å². The predicted molar refractivity (Wildman–Crippen MR) is 42.3 cm³/mol. The van der Waals surface area contributed by atoms with E-state index in [0.717, 1.165) is 6.04 Å². The van der Waals surface area contributed by atoms with Gasteiger partial charge in [0.15, 0.2) is 0 Å². The molecule has 0 bridgehead atoms. The van der Waals surface area contributed by atoms with Crippen molar-refractivity contribution in [3.05, 3.63) is 0 Å². The van der Waals surface area contributed by atoms with Crippen LogP contribution in [0.5, 0.6) is 0 Å². The van der Waals surface area contributed by atoms with Crippen LogP contribution in [0.4, 0.5) is 0 Å². The van der Waals surface area contributed by atoms with Crippen LogP contribution in [0, 0.1) is 5.92 Å². The molecule has 0 aliphatic carbocycles. The zero-order valence-electron chi connectivity index (χ0n) is 6.52. The third-order valence-corrected chi connectivity index (χ3v) is 5.57. The van der Waals surface area contributed by atoms with Crippen LogP contribution in [0.3, 0.4) is 0 Å². The second-order valence-electron chi connectivity index (χ2n) is 4.12. The average molecular weight is 144 g/mol. The van der Waals surface area contributed by atoms with E-state index in [4.69, 9.17) is 0 Å². The lowest BCUT2D eigenvalue weighted by Gasteiger charge is -2.11. The van der Waals surface area contributed by atoms with Gasteiger partial charge in [-0.15, -0.1) is 0 Å². The van der Waals surface area contributed by atoms with E-state index in [2.05, 4.69) is 20.0 Å². The van der Waals surface area contributed by atoms with Gasteiger partial charge in [0.2, 0.25) is 0 Å². The van der Waals surface area contributed by atoms with E-state index in [1.165, 1.54) is 6.04 Å². The van der Waals surface area contributed by atoms with Crippen molar-refractivity contribution in [2.24, 2.45) is 5.92 Å². The second kappa shape index (κ2) is 2.10. The van der Waals surface area contributed by atoms with E-state index in [-0.39, 0.29) is 6.10 Å². The van der Waals surface area contributed by atoms with Gasteiger partial charge in [0.05, 0.1) is 14.2 Å². The molecule has 1 N–H and O–H groups in total. The van der Waals surface area contributed by atoms with Crippen molar-refractivity contribution in [2.75, 3.05) is 0 Å². The molecule has 54 valence electrons. The van der Waals surface area contributed by atoms with E-state index in [0.29, 0.717) is 5.92 Å². The standard InChI is InChI=1S/C7H16OSi/c1-6-4-9(2,3)5-7(6)8/h6-8H,4-5H2,1-3H3/t6-,7-/m0/s1. The molecule has 2 atom stereocenters. The number of aliphatic hydroxyl groups excluding tert-OH is 1. The maximum absolute atomic E-state index is 9.37. The molecule has 1 heterocycles. The first-order valence-corrected chi connectivity index (χ1v) is 7.11. The fourth-order valence-corrected chi connectivity index (χ4v) is 5.58. The number of aliphatic hydroxyl groups is 1. The molecule has 1 saturated heterocycles. The molecule has 1 nitrogen and oxygen atoms in total. The van der Waals surface area contributed by atoms with Crippen molar-refractivity contribution in [3.63, 3.8) is 0 Å². The maximum atomic E-state index is 9.37. The fraction of sp³-hybridized carbons (Fsp3) is 1.00. The van der Waals surface area contributed by atoms with Gasteiger partial charge in [-0.3, -0.25) is 0 Å². The van der Waals surface area contributed by atoms with Gasteiger partial charge in [-0.2, -0.15) is 0 Å². The molecule has 0 radical (unpaired) electrons. The van der Waals surface area contributed by atoms with Crippen molar-refractivity contribution < 1.29 is 5.11 Å². The van der Waals surface area contributed by atoms with Crippen LogP contribution in [0.2, 0.25) is 25.2 Å². The second-order valence-corrected chi connectivity index (χ2v) is 9.26. The first kappa shape index (κ1) is 7.29. The third-order valence-electron chi connectivity index (χ3n) is 2.29. The Balaban J connectivity index is 2.54. The Morgan fingerprint density at radius 2 is 1.89 bits per heavy atom. The molecule has 0 spiro atoms. The van der Waals surface area contributed by atoms with E-state index in [9.17, 15) is 5.11 Å². The molecule has 0 aromatic carbocycles. The minimum atomic E-state index is -0.916. The van der Waals surface area contributed by atoms with Gasteiger partial charge in [0.1, 0.15) is 0 Å². The summed E-state index contributed by atoms with van der Waals surface area (Å²) in [5, 5.41) is 9.37. The third kappa shape index (κ3) is 1.55. The molecular weight excluding hydrogens is 128 g/mol. The number of hydrogen-bond acceptors (Lipinski definition) is 1. The topological polar surface area (TPSA) is 20.2 Å². The van der Waals surface area contributed by atoms with Crippen LogP contribution in [0.15, 0.2) is 0 Å². The summed E-state index contributed by atoms with van der Waals surface area (Å²) in [4.78, 5) is 0. The molecule has 0 amide bonds. The SMILES string of the molecule is C[C@H]1C[Si](C)(C)C[C@@H]1O. The van der Waals surface area contributed by atoms with E-state index in [1.54, 1.807) is 0 Å². The molecule has 1 aliphatic heterocycles. The minimum Gasteiger partial charge on any atom is -0.393 e. The van der Waals surface area contributed by atoms with Gasteiger partial charge in [0, 0.05) is 0 Å². The minimum absolute atomic E-state index is 0.0201.